The van der Waals surface area contributed by atoms with Crippen molar-refractivity contribution in [3.63, 3.8) is 0 Å². The summed E-state index contributed by atoms with van der Waals surface area (Å²) in [6.07, 6.45) is 6.32. The Balaban J connectivity index is 1.45. The third-order valence-corrected chi connectivity index (χ3v) is 8.04. The first kappa shape index (κ1) is 21.2. The zero-order chi connectivity index (χ0) is 21.3. The molecule has 0 aromatic heterocycles. The lowest BCUT2D eigenvalue weighted by atomic mass is 9.93. The molecular formula is C23H31N3O3S. The van der Waals surface area contributed by atoms with Crippen molar-refractivity contribution >= 4 is 29.5 Å². The molecule has 0 bridgehead atoms. The van der Waals surface area contributed by atoms with E-state index in [9.17, 15) is 14.4 Å². The van der Waals surface area contributed by atoms with E-state index in [1.165, 1.54) is 6.42 Å². The summed E-state index contributed by atoms with van der Waals surface area (Å²) in [7, 11) is 0. The summed E-state index contributed by atoms with van der Waals surface area (Å²) < 4.78 is 0. The smallest absolute Gasteiger partial charge is 0.256 e. The van der Waals surface area contributed by atoms with Crippen molar-refractivity contribution < 1.29 is 14.4 Å². The molecule has 1 aromatic rings. The van der Waals surface area contributed by atoms with Crippen LogP contribution in [0.3, 0.4) is 0 Å². The zero-order valence-electron chi connectivity index (χ0n) is 17.7. The van der Waals surface area contributed by atoms with E-state index in [4.69, 9.17) is 0 Å². The summed E-state index contributed by atoms with van der Waals surface area (Å²) in [5.41, 5.74) is 1.66. The minimum absolute atomic E-state index is 0.0221. The van der Waals surface area contributed by atoms with Gasteiger partial charge in [0.2, 0.25) is 11.8 Å². The predicted octanol–water partition coefficient (Wildman–Crippen LogP) is 3.24. The summed E-state index contributed by atoms with van der Waals surface area (Å²) in [4.78, 5) is 40.8. The molecule has 0 radical (unpaired) electrons. The molecule has 2 N–H and O–H groups in total. The van der Waals surface area contributed by atoms with Gasteiger partial charge in [0.25, 0.3) is 5.91 Å². The highest BCUT2D eigenvalue weighted by Crippen LogP contribution is 2.48. The zero-order valence-corrected chi connectivity index (χ0v) is 18.5. The molecule has 2 aliphatic heterocycles. The second-order valence-electron chi connectivity index (χ2n) is 8.72. The summed E-state index contributed by atoms with van der Waals surface area (Å²) in [5, 5.41) is 6.05. The van der Waals surface area contributed by atoms with Crippen LogP contribution in [0.15, 0.2) is 24.3 Å². The lowest BCUT2D eigenvalue weighted by Gasteiger charge is -2.30. The van der Waals surface area contributed by atoms with Gasteiger partial charge in [-0.3, -0.25) is 14.4 Å². The lowest BCUT2D eigenvalue weighted by molar-refractivity contribution is -0.132. The van der Waals surface area contributed by atoms with Crippen LogP contribution in [0.1, 0.15) is 73.7 Å². The van der Waals surface area contributed by atoms with Crippen LogP contribution in [0.2, 0.25) is 0 Å². The van der Waals surface area contributed by atoms with E-state index in [1.54, 1.807) is 16.7 Å². The van der Waals surface area contributed by atoms with E-state index in [2.05, 4.69) is 10.6 Å². The predicted molar refractivity (Wildman–Crippen MR) is 118 cm³/mol. The van der Waals surface area contributed by atoms with Gasteiger partial charge in [0, 0.05) is 17.4 Å². The SMILES string of the molecule is CC[C@H](C)[C@H](NC(=O)[C@@H]1CS[C@@H]2c3ccccc3C(=O)N21)C(=O)NC1CCCCC1. The van der Waals surface area contributed by atoms with E-state index in [0.29, 0.717) is 11.3 Å². The lowest BCUT2D eigenvalue weighted by Crippen LogP contribution is -2.56. The normalized spacial score (nSPS) is 25.4. The summed E-state index contributed by atoms with van der Waals surface area (Å²) in [5.74, 6) is 0.160. The van der Waals surface area contributed by atoms with Crippen molar-refractivity contribution in [2.45, 2.75) is 75.9 Å². The van der Waals surface area contributed by atoms with Gasteiger partial charge in [-0.1, -0.05) is 57.7 Å². The first-order valence-corrected chi connectivity index (χ1v) is 12.2. The number of fused-ring (bicyclic) bond motifs is 3. The second-order valence-corrected chi connectivity index (χ2v) is 9.83. The van der Waals surface area contributed by atoms with Crippen molar-refractivity contribution in [2.75, 3.05) is 5.75 Å². The number of benzene rings is 1. The van der Waals surface area contributed by atoms with E-state index in [0.717, 1.165) is 37.7 Å². The van der Waals surface area contributed by atoms with E-state index < -0.39 is 12.1 Å². The minimum atomic E-state index is -0.575. The molecule has 6 nitrogen and oxygen atoms in total. The maximum Gasteiger partial charge on any atom is 0.256 e. The van der Waals surface area contributed by atoms with Crippen LogP contribution in [-0.2, 0) is 9.59 Å². The molecule has 4 rings (SSSR count). The third kappa shape index (κ3) is 3.96. The standard InChI is InChI=1S/C23H31N3O3S/c1-3-14(2)19(21(28)24-15-9-5-4-6-10-15)25-20(27)18-13-30-23-17-12-8-7-11-16(17)22(29)26(18)23/h7-8,11-12,14-15,18-19,23H,3-6,9-10,13H2,1-2H3,(H,24,28)(H,25,27)/t14-,18-,19-,23+/m0/s1. The number of carbonyl (C=O) groups excluding carboxylic acids is 3. The van der Waals surface area contributed by atoms with Gasteiger partial charge in [-0.2, -0.15) is 0 Å². The van der Waals surface area contributed by atoms with Gasteiger partial charge >= 0.3 is 0 Å². The van der Waals surface area contributed by atoms with Crippen LogP contribution in [0.5, 0.6) is 0 Å². The Bertz CT molecular complexity index is 824. The van der Waals surface area contributed by atoms with Gasteiger partial charge in [0.1, 0.15) is 17.5 Å². The number of nitrogens with one attached hydrogen (secondary N) is 2. The Morgan fingerprint density at radius 3 is 2.67 bits per heavy atom. The van der Waals surface area contributed by atoms with Gasteiger partial charge in [-0.15, -0.1) is 11.8 Å². The minimum Gasteiger partial charge on any atom is -0.352 e. The van der Waals surface area contributed by atoms with Gasteiger partial charge in [0.15, 0.2) is 0 Å². The highest BCUT2D eigenvalue weighted by Gasteiger charge is 2.48. The first-order chi connectivity index (χ1) is 14.5. The molecule has 3 aliphatic rings. The molecule has 2 fully saturated rings. The average Bonchev–Trinajstić information content (AvgIpc) is 3.32. The molecule has 7 heteroatoms. The van der Waals surface area contributed by atoms with Crippen molar-refractivity contribution in [3.05, 3.63) is 35.4 Å². The molecule has 1 saturated heterocycles. The van der Waals surface area contributed by atoms with Crippen LogP contribution < -0.4 is 10.6 Å². The molecule has 3 amide bonds. The Hall–Kier alpha value is -2.02. The van der Waals surface area contributed by atoms with E-state index in [-0.39, 0.29) is 35.1 Å². The number of rotatable bonds is 6. The molecule has 0 unspecified atom stereocenters. The maximum atomic E-state index is 13.2. The first-order valence-electron chi connectivity index (χ1n) is 11.1. The molecule has 1 saturated carbocycles. The van der Waals surface area contributed by atoms with Crippen molar-refractivity contribution in [1.82, 2.24) is 15.5 Å². The number of amides is 3. The van der Waals surface area contributed by atoms with Crippen molar-refractivity contribution in [3.8, 4) is 0 Å². The van der Waals surface area contributed by atoms with Gasteiger partial charge in [-0.25, -0.2) is 0 Å². The molecule has 1 aromatic carbocycles. The van der Waals surface area contributed by atoms with Gasteiger partial charge in [0.05, 0.1) is 0 Å². The Morgan fingerprint density at radius 2 is 1.93 bits per heavy atom. The van der Waals surface area contributed by atoms with Gasteiger partial charge in [-0.05, 0) is 30.4 Å². The molecule has 0 spiro atoms. The largest absolute Gasteiger partial charge is 0.352 e. The van der Waals surface area contributed by atoms with Crippen LogP contribution in [-0.4, -0.2) is 46.5 Å². The monoisotopic (exact) mass is 429 g/mol. The van der Waals surface area contributed by atoms with E-state index in [1.807, 2.05) is 38.1 Å². The quantitative estimate of drug-likeness (QED) is 0.728. The fourth-order valence-corrected chi connectivity index (χ4v) is 6.20. The number of hydrogen-bond acceptors (Lipinski definition) is 4. The third-order valence-electron chi connectivity index (χ3n) is 6.74. The Labute approximate surface area is 182 Å². The highest BCUT2D eigenvalue weighted by molar-refractivity contribution is 7.99. The Morgan fingerprint density at radius 1 is 1.20 bits per heavy atom. The fraction of sp³-hybridized carbons (Fsp3) is 0.609. The number of nitrogens with zero attached hydrogens (tertiary/aromatic N) is 1. The fourth-order valence-electron chi connectivity index (χ4n) is 4.73. The maximum absolute atomic E-state index is 13.2. The van der Waals surface area contributed by atoms with E-state index >= 15 is 0 Å². The molecule has 30 heavy (non-hydrogen) atoms. The number of hydrogen-bond donors (Lipinski definition) is 2. The Kier molecular flexibility index (Phi) is 6.37. The molecule has 162 valence electrons. The number of carbonyl (C=O) groups is 3. The van der Waals surface area contributed by atoms with Crippen LogP contribution in [0, 0.1) is 5.92 Å². The molecule has 1 aliphatic carbocycles. The summed E-state index contributed by atoms with van der Waals surface area (Å²) in [6, 6.07) is 6.65. The molecular weight excluding hydrogens is 398 g/mol. The average molecular weight is 430 g/mol. The van der Waals surface area contributed by atoms with Crippen molar-refractivity contribution in [2.24, 2.45) is 5.92 Å². The topological polar surface area (TPSA) is 78.5 Å². The van der Waals surface area contributed by atoms with Crippen LogP contribution in [0.4, 0.5) is 0 Å². The van der Waals surface area contributed by atoms with Gasteiger partial charge < -0.3 is 15.5 Å². The molecule has 2 heterocycles. The summed E-state index contributed by atoms with van der Waals surface area (Å²) in [6.45, 7) is 4.02. The highest BCUT2D eigenvalue weighted by atomic mass is 32.2. The van der Waals surface area contributed by atoms with Crippen LogP contribution >= 0.6 is 11.8 Å². The summed E-state index contributed by atoms with van der Waals surface area (Å²) >= 11 is 1.62. The van der Waals surface area contributed by atoms with Crippen molar-refractivity contribution in [1.29, 1.82) is 0 Å². The van der Waals surface area contributed by atoms with Crippen LogP contribution in [0.25, 0.3) is 0 Å². The second kappa shape index (κ2) is 9.00. The molecule has 4 atom stereocenters. The number of thioether (sulfide) groups is 1.